The molecule has 0 spiro atoms. The predicted molar refractivity (Wildman–Crippen MR) is 106 cm³/mol. The van der Waals surface area contributed by atoms with Gasteiger partial charge in [0.25, 0.3) is 5.56 Å². The van der Waals surface area contributed by atoms with Gasteiger partial charge in [-0.1, -0.05) is 36.4 Å². The fourth-order valence-corrected chi connectivity index (χ4v) is 3.36. The second-order valence-corrected chi connectivity index (χ2v) is 6.57. The van der Waals surface area contributed by atoms with Gasteiger partial charge in [-0.05, 0) is 36.6 Å². The Balaban J connectivity index is 1.64. The third-order valence-electron chi connectivity index (χ3n) is 4.75. The molecule has 0 atom stereocenters. The van der Waals surface area contributed by atoms with Gasteiger partial charge < -0.3 is 10.2 Å². The maximum atomic E-state index is 11.3. The highest BCUT2D eigenvalue weighted by atomic mass is 16.1. The van der Waals surface area contributed by atoms with Gasteiger partial charge in [-0.15, -0.1) is 0 Å². The lowest BCUT2D eigenvalue weighted by Gasteiger charge is -2.23. The minimum Gasteiger partial charge on any atom is -0.379 e. The molecule has 1 aliphatic heterocycles. The Hall–Kier alpha value is -3.08. The molecule has 1 aromatic heterocycles. The Morgan fingerprint density at radius 2 is 1.81 bits per heavy atom. The van der Waals surface area contributed by atoms with Crippen LogP contribution >= 0.6 is 0 Å². The number of rotatable bonds is 5. The van der Waals surface area contributed by atoms with Crippen molar-refractivity contribution in [2.45, 2.75) is 19.4 Å². The standard InChI is InChI=1S/C21H22N4O/c26-21-11-10-18(23-24-21)17-8-9-19(20(14-17)25-12-4-5-13-25)22-15-16-6-2-1-3-7-16/h1-3,6-11,14,22H,4-5,12-13,15H2,(H,24,26). The molecule has 2 N–H and O–H groups in total. The van der Waals surface area contributed by atoms with E-state index in [0.717, 1.165) is 36.6 Å². The van der Waals surface area contributed by atoms with Crippen LogP contribution in [-0.2, 0) is 6.54 Å². The van der Waals surface area contributed by atoms with E-state index in [9.17, 15) is 4.79 Å². The molecule has 0 radical (unpaired) electrons. The lowest BCUT2D eigenvalue weighted by Crippen LogP contribution is -2.19. The van der Waals surface area contributed by atoms with Gasteiger partial charge in [-0.2, -0.15) is 5.10 Å². The molecule has 1 saturated heterocycles. The number of nitrogens with one attached hydrogen (secondary N) is 2. The van der Waals surface area contributed by atoms with E-state index < -0.39 is 0 Å². The molecule has 1 aliphatic rings. The van der Waals surface area contributed by atoms with E-state index in [0.29, 0.717) is 0 Å². The van der Waals surface area contributed by atoms with Crippen LogP contribution in [0.1, 0.15) is 18.4 Å². The van der Waals surface area contributed by atoms with E-state index in [1.165, 1.54) is 30.2 Å². The number of hydrogen-bond acceptors (Lipinski definition) is 4. The van der Waals surface area contributed by atoms with E-state index in [1.54, 1.807) is 6.07 Å². The summed E-state index contributed by atoms with van der Waals surface area (Å²) in [5, 5.41) is 10.3. The van der Waals surface area contributed by atoms with Gasteiger partial charge in [-0.25, -0.2) is 5.10 Å². The van der Waals surface area contributed by atoms with Crippen LogP contribution in [0.5, 0.6) is 0 Å². The zero-order valence-corrected chi connectivity index (χ0v) is 14.6. The zero-order valence-electron chi connectivity index (χ0n) is 14.6. The van der Waals surface area contributed by atoms with Crippen LogP contribution in [0.2, 0.25) is 0 Å². The van der Waals surface area contributed by atoms with Crippen LogP contribution < -0.4 is 15.8 Å². The highest BCUT2D eigenvalue weighted by Crippen LogP contribution is 2.33. The number of H-pyrrole nitrogens is 1. The predicted octanol–water partition coefficient (Wildman–Crippen LogP) is 3.65. The topological polar surface area (TPSA) is 61.0 Å². The van der Waals surface area contributed by atoms with Crippen molar-refractivity contribution in [3.05, 3.63) is 76.6 Å². The van der Waals surface area contributed by atoms with Crippen LogP contribution in [0.15, 0.2) is 65.5 Å². The Labute approximate surface area is 152 Å². The molecule has 2 aromatic carbocycles. The van der Waals surface area contributed by atoms with Gasteiger partial charge in [0.2, 0.25) is 0 Å². The molecular formula is C21H22N4O. The Morgan fingerprint density at radius 1 is 1.00 bits per heavy atom. The largest absolute Gasteiger partial charge is 0.379 e. The summed E-state index contributed by atoms with van der Waals surface area (Å²) in [6, 6.07) is 20.0. The number of aromatic nitrogens is 2. The van der Waals surface area contributed by atoms with E-state index >= 15 is 0 Å². The normalized spacial score (nSPS) is 13.8. The lowest BCUT2D eigenvalue weighted by molar-refractivity contribution is 0.949. The number of anilines is 2. The van der Waals surface area contributed by atoms with Crippen molar-refractivity contribution >= 4 is 11.4 Å². The third kappa shape index (κ3) is 3.61. The van der Waals surface area contributed by atoms with Crippen molar-refractivity contribution in [2.24, 2.45) is 0 Å². The molecule has 5 nitrogen and oxygen atoms in total. The lowest BCUT2D eigenvalue weighted by atomic mass is 10.1. The molecule has 0 aliphatic carbocycles. The van der Waals surface area contributed by atoms with Crippen molar-refractivity contribution in [2.75, 3.05) is 23.3 Å². The highest BCUT2D eigenvalue weighted by Gasteiger charge is 2.17. The molecule has 0 unspecified atom stereocenters. The average Bonchev–Trinajstić information content (AvgIpc) is 3.22. The Morgan fingerprint density at radius 3 is 2.54 bits per heavy atom. The molecule has 0 saturated carbocycles. The second-order valence-electron chi connectivity index (χ2n) is 6.57. The molecule has 3 aromatic rings. The first-order chi connectivity index (χ1) is 12.8. The zero-order chi connectivity index (χ0) is 17.8. The van der Waals surface area contributed by atoms with E-state index in [1.807, 2.05) is 12.1 Å². The minimum absolute atomic E-state index is 0.185. The van der Waals surface area contributed by atoms with E-state index in [2.05, 4.69) is 56.8 Å². The van der Waals surface area contributed by atoms with Crippen LogP contribution in [-0.4, -0.2) is 23.3 Å². The molecule has 1 fully saturated rings. The average molecular weight is 346 g/mol. The number of nitrogens with zero attached hydrogens (tertiary/aromatic N) is 2. The summed E-state index contributed by atoms with van der Waals surface area (Å²) in [5.74, 6) is 0. The maximum Gasteiger partial charge on any atom is 0.264 e. The number of hydrogen-bond donors (Lipinski definition) is 2. The smallest absolute Gasteiger partial charge is 0.264 e. The van der Waals surface area contributed by atoms with Gasteiger partial charge in [0.15, 0.2) is 0 Å². The van der Waals surface area contributed by atoms with Crippen molar-refractivity contribution in [1.82, 2.24) is 10.2 Å². The van der Waals surface area contributed by atoms with Gasteiger partial charge in [0.1, 0.15) is 0 Å². The molecule has 5 heteroatoms. The first kappa shape index (κ1) is 16.4. The van der Waals surface area contributed by atoms with Crippen molar-refractivity contribution < 1.29 is 0 Å². The SMILES string of the molecule is O=c1ccc(-c2ccc(NCc3ccccc3)c(N3CCCC3)c2)n[nH]1. The van der Waals surface area contributed by atoms with Gasteiger partial charge in [0.05, 0.1) is 17.1 Å². The molecule has 0 amide bonds. The molecule has 4 rings (SSSR count). The Kier molecular flexibility index (Phi) is 4.69. The van der Waals surface area contributed by atoms with Crippen LogP contribution in [0.3, 0.4) is 0 Å². The van der Waals surface area contributed by atoms with Gasteiger partial charge in [0, 0.05) is 31.3 Å². The first-order valence-electron chi connectivity index (χ1n) is 9.02. The summed E-state index contributed by atoms with van der Waals surface area (Å²) in [7, 11) is 0. The summed E-state index contributed by atoms with van der Waals surface area (Å²) in [4.78, 5) is 13.7. The molecule has 26 heavy (non-hydrogen) atoms. The molecular weight excluding hydrogens is 324 g/mol. The van der Waals surface area contributed by atoms with Crippen LogP contribution in [0, 0.1) is 0 Å². The van der Waals surface area contributed by atoms with Crippen molar-refractivity contribution in [1.29, 1.82) is 0 Å². The van der Waals surface area contributed by atoms with Gasteiger partial charge >= 0.3 is 0 Å². The fourth-order valence-electron chi connectivity index (χ4n) is 3.36. The van der Waals surface area contributed by atoms with Crippen molar-refractivity contribution in [3.63, 3.8) is 0 Å². The molecule has 0 bridgehead atoms. The summed E-state index contributed by atoms with van der Waals surface area (Å²) in [6.07, 6.45) is 2.44. The minimum atomic E-state index is -0.185. The quantitative estimate of drug-likeness (QED) is 0.740. The third-order valence-corrected chi connectivity index (χ3v) is 4.75. The summed E-state index contributed by atoms with van der Waals surface area (Å²) in [5.41, 5.74) is 5.18. The maximum absolute atomic E-state index is 11.3. The first-order valence-corrected chi connectivity index (χ1v) is 9.02. The van der Waals surface area contributed by atoms with E-state index in [-0.39, 0.29) is 5.56 Å². The molecule has 132 valence electrons. The fraction of sp³-hybridized carbons (Fsp3) is 0.238. The van der Waals surface area contributed by atoms with Crippen LogP contribution in [0.4, 0.5) is 11.4 Å². The number of aromatic amines is 1. The number of benzene rings is 2. The van der Waals surface area contributed by atoms with Gasteiger partial charge in [-0.3, -0.25) is 4.79 Å². The highest BCUT2D eigenvalue weighted by molar-refractivity contribution is 5.77. The van der Waals surface area contributed by atoms with Crippen LogP contribution in [0.25, 0.3) is 11.3 Å². The Bertz CT molecular complexity index is 910. The summed E-state index contributed by atoms with van der Waals surface area (Å²) in [6.45, 7) is 2.93. The van der Waals surface area contributed by atoms with E-state index in [4.69, 9.17) is 0 Å². The molecule has 2 heterocycles. The van der Waals surface area contributed by atoms with Crippen molar-refractivity contribution in [3.8, 4) is 11.3 Å². The second kappa shape index (κ2) is 7.44. The monoisotopic (exact) mass is 346 g/mol. The summed E-state index contributed by atoms with van der Waals surface area (Å²) >= 11 is 0. The summed E-state index contributed by atoms with van der Waals surface area (Å²) < 4.78 is 0.